The van der Waals surface area contributed by atoms with Crippen LogP contribution < -0.4 is 10.6 Å². The predicted octanol–water partition coefficient (Wildman–Crippen LogP) is 2.69. The molecule has 0 bridgehead atoms. The van der Waals surface area contributed by atoms with Crippen molar-refractivity contribution in [3.63, 3.8) is 0 Å². The monoisotopic (exact) mass is 420 g/mol. The standard InChI is InChI=1S/C22H36N4O4/c1-8-13-26(7)22(29)30-14-17-9-11-18(12-10-17)24-20(27)16(4)23-21(28)19(15(2)3)25(5)6/h9-12,15-16,19H,8,13-14H2,1-7H3,(H,23,28)(H,24,27)/t16-,19-/m0/s1. The van der Waals surface area contributed by atoms with Crippen LogP contribution in [0.15, 0.2) is 24.3 Å². The van der Waals surface area contributed by atoms with E-state index in [1.807, 2.05) is 39.8 Å². The molecule has 0 spiro atoms. The molecule has 168 valence electrons. The first-order chi connectivity index (χ1) is 14.1. The number of hydrogen-bond acceptors (Lipinski definition) is 5. The number of hydrogen-bond donors (Lipinski definition) is 2. The number of anilines is 1. The van der Waals surface area contributed by atoms with Gasteiger partial charge in [0.25, 0.3) is 0 Å². The number of benzene rings is 1. The molecule has 3 amide bonds. The molecule has 0 aromatic heterocycles. The molecule has 0 aliphatic rings. The summed E-state index contributed by atoms with van der Waals surface area (Å²) in [6.07, 6.45) is 0.503. The molecule has 1 aromatic rings. The van der Waals surface area contributed by atoms with Gasteiger partial charge in [0.05, 0.1) is 6.04 Å². The molecule has 0 saturated heterocycles. The van der Waals surface area contributed by atoms with E-state index in [0.29, 0.717) is 12.2 Å². The van der Waals surface area contributed by atoms with Gasteiger partial charge in [0.2, 0.25) is 11.8 Å². The number of likely N-dealkylation sites (N-methyl/N-ethyl adjacent to an activating group) is 1. The lowest BCUT2D eigenvalue weighted by atomic mass is 10.0. The van der Waals surface area contributed by atoms with Crippen LogP contribution in [0.2, 0.25) is 0 Å². The van der Waals surface area contributed by atoms with E-state index in [4.69, 9.17) is 4.74 Å². The van der Waals surface area contributed by atoms with E-state index in [0.717, 1.165) is 12.0 Å². The summed E-state index contributed by atoms with van der Waals surface area (Å²) in [5, 5.41) is 5.56. The van der Waals surface area contributed by atoms with Gasteiger partial charge in [-0.05, 0) is 51.1 Å². The summed E-state index contributed by atoms with van der Waals surface area (Å²) in [5.41, 5.74) is 1.42. The first kappa shape index (κ1) is 25.4. The van der Waals surface area contributed by atoms with Gasteiger partial charge in [-0.15, -0.1) is 0 Å². The van der Waals surface area contributed by atoms with Crippen molar-refractivity contribution in [2.75, 3.05) is 33.0 Å². The van der Waals surface area contributed by atoms with Gasteiger partial charge in [0, 0.05) is 19.3 Å². The summed E-state index contributed by atoms with van der Waals surface area (Å²) in [6, 6.07) is 6.07. The smallest absolute Gasteiger partial charge is 0.409 e. The fourth-order valence-corrected chi connectivity index (χ4v) is 3.11. The van der Waals surface area contributed by atoms with Crippen molar-refractivity contribution in [3.05, 3.63) is 29.8 Å². The van der Waals surface area contributed by atoms with Crippen molar-refractivity contribution in [3.8, 4) is 0 Å². The molecule has 0 aliphatic heterocycles. The molecular formula is C22H36N4O4. The number of rotatable bonds is 10. The lowest BCUT2D eigenvalue weighted by Gasteiger charge is -2.28. The summed E-state index contributed by atoms with van der Waals surface area (Å²) in [7, 11) is 5.39. The minimum atomic E-state index is -0.673. The average Bonchev–Trinajstić information content (AvgIpc) is 2.66. The normalized spacial score (nSPS) is 13.0. The Hall–Kier alpha value is -2.61. The zero-order valence-corrected chi connectivity index (χ0v) is 19.2. The highest BCUT2D eigenvalue weighted by molar-refractivity contribution is 5.97. The number of nitrogens with zero attached hydrogens (tertiary/aromatic N) is 2. The van der Waals surface area contributed by atoms with Gasteiger partial charge >= 0.3 is 6.09 Å². The van der Waals surface area contributed by atoms with E-state index in [-0.39, 0.29) is 36.5 Å². The van der Waals surface area contributed by atoms with Crippen LogP contribution in [0.4, 0.5) is 10.5 Å². The number of nitrogens with one attached hydrogen (secondary N) is 2. The third kappa shape index (κ3) is 8.02. The fraction of sp³-hybridized carbons (Fsp3) is 0.591. The van der Waals surface area contributed by atoms with Crippen molar-refractivity contribution >= 4 is 23.6 Å². The lowest BCUT2D eigenvalue weighted by molar-refractivity contribution is -0.130. The molecule has 0 fully saturated rings. The average molecular weight is 421 g/mol. The Labute approximate surface area is 179 Å². The lowest BCUT2D eigenvalue weighted by Crippen LogP contribution is -2.51. The number of carbonyl (C=O) groups is 3. The zero-order valence-electron chi connectivity index (χ0n) is 19.2. The Balaban J connectivity index is 2.57. The van der Waals surface area contributed by atoms with Gasteiger partial charge in [0.15, 0.2) is 0 Å². The van der Waals surface area contributed by atoms with Crippen LogP contribution in [0, 0.1) is 5.92 Å². The summed E-state index contributed by atoms with van der Waals surface area (Å²) in [6.45, 7) is 8.39. The van der Waals surface area contributed by atoms with Crippen LogP contribution >= 0.6 is 0 Å². The number of ether oxygens (including phenoxy) is 1. The molecule has 2 N–H and O–H groups in total. The minimum absolute atomic E-state index is 0.124. The first-order valence-corrected chi connectivity index (χ1v) is 10.3. The molecule has 0 heterocycles. The van der Waals surface area contributed by atoms with E-state index in [2.05, 4.69) is 10.6 Å². The molecular weight excluding hydrogens is 384 g/mol. The Kier molecular flexibility index (Phi) is 10.3. The molecule has 2 atom stereocenters. The molecule has 8 heteroatoms. The van der Waals surface area contributed by atoms with Crippen LogP contribution in [0.5, 0.6) is 0 Å². The SMILES string of the molecule is CCCN(C)C(=O)OCc1ccc(NC(=O)[C@H](C)NC(=O)[C@H](C(C)C)N(C)C)cc1. The van der Waals surface area contributed by atoms with Crippen LogP contribution in [0.25, 0.3) is 0 Å². The number of amides is 3. The molecule has 1 rings (SSSR count). The van der Waals surface area contributed by atoms with E-state index >= 15 is 0 Å². The highest BCUT2D eigenvalue weighted by Crippen LogP contribution is 2.12. The zero-order chi connectivity index (χ0) is 22.8. The molecule has 30 heavy (non-hydrogen) atoms. The largest absolute Gasteiger partial charge is 0.445 e. The molecule has 0 radical (unpaired) electrons. The number of carbonyl (C=O) groups excluding carboxylic acids is 3. The molecule has 8 nitrogen and oxygen atoms in total. The second kappa shape index (κ2) is 12.2. The van der Waals surface area contributed by atoms with Gasteiger partial charge in [-0.1, -0.05) is 32.9 Å². The minimum Gasteiger partial charge on any atom is -0.445 e. The van der Waals surface area contributed by atoms with Gasteiger partial charge in [-0.2, -0.15) is 0 Å². The highest BCUT2D eigenvalue weighted by Gasteiger charge is 2.27. The topological polar surface area (TPSA) is 91.0 Å². The van der Waals surface area contributed by atoms with Crippen molar-refractivity contribution in [1.29, 1.82) is 0 Å². The maximum Gasteiger partial charge on any atom is 0.409 e. The first-order valence-electron chi connectivity index (χ1n) is 10.3. The third-order valence-electron chi connectivity index (χ3n) is 4.66. The molecule has 0 unspecified atom stereocenters. The van der Waals surface area contributed by atoms with E-state index in [1.165, 1.54) is 4.90 Å². The van der Waals surface area contributed by atoms with Crippen LogP contribution in [0.3, 0.4) is 0 Å². The van der Waals surface area contributed by atoms with Gasteiger partial charge in [-0.25, -0.2) is 4.79 Å². The highest BCUT2D eigenvalue weighted by atomic mass is 16.6. The van der Waals surface area contributed by atoms with Crippen molar-refractivity contribution in [2.45, 2.75) is 52.8 Å². The Morgan fingerprint density at radius 1 is 1.00 bits per heavy atom. The maximum atomic E-state index is 12.5. The summed E-state index contributed by atoms with van der Waals surface area (Å²) in [4.78, 5) is 40.1. The van der Waals surface area contributed by atoms with Crippen molar-refractivity contribution in [2.24, 2.45) is 5.92 Å². The Morgan fingerprint density at radius 2 is 1.60 bits per heavy atom. The van der Waals surface area contributed by atoms with Crippen LogP contribution in [0.1, 0.15) is 39.7 Å². The summed E-state index contributed by atoms with van der Waals surface area (Å²) in [5.74, 6) is -0.355. The van der Waals surface area contributed by atoms with E-state index < -0.39 is 6.04 Å². The third-order valence-corrected chi connectivity index (χ3v) is 4.66. The van der Waals surface area contributed by atoms with Crippen LogP contribution in [-0.2, 0) is 20.9 Å². The molecule has 0 aliphatic carbocycles. The summed E-state index contributed by atoms with van der Waals surface area (Å²) >= 11 is 0. The fourth-order valence-electron chi connectivity index (χ4n) is 3.11. The van der Waals surface area contributed by atoms with Gasteiger partial charge in [-0.3, -0.25) is 14.5 Å². The van der Waals surface area contributed by atoms with E-state index in [9.17, 15) is 14.4 Å². The second-order valence-electron chi connectivity index (χ2n) is 8.05. The van der Waals surface area contributed by atoms with Crippen LogP contribution in [-0.4, -0.2) is 67.5 Å². The van der Waals surface area contributed by atoms with Crippen molar-refractivity contribution < 1.29 is 19.1 Å². The summed E-state index contributed by atoms with van der Waals surface area (Å²) < 4.78 is 5.25. The predicted molar refractivity (Wildman–Crippen MR) is 118 cm³/mol. The Morgan fingerprint density at radius 3 is 2.10 bits per heavy atom. The Bertz CT molecular complexity index is 696. The van der Waals surface area contributed by atoms with Gasteiger partial charge in [0.1, 0.15) is 12.6 Å². The second-order valence-corrected chi connectivity index (χ2v) is 8.05. The van der Waals surface area contributed by atoms with E-state index in [1.54, 1.807) is 38.2 Å². The van der Waals surface area contributed by atoms with Crippen molar-refractivity contribution in [1.82, 2.24) is 15.1 Å². The maximum absolute atomic E-state index is 12.5. The quantitative estimate of drug-likeness (QED) is 0.607. The molecule has 0 saturated carbocycles. The molecule has 1 aromatic carbocycles. The van der Waals surface area contributed by atoms with Gasteiger partial charge < -0.3 is 20.3 Å².